The van der Waals surface area contributed by atoms with Crippen molar-refractivity contribution in [2.24, 2.45) is 17.8 Å². The molecule has 0 N–H and O–H groups in total. The van der Waals surface area contributed by atoms with Crippen molar-refractivity contribution in [1.29, 1.82) is 0 Å². The van der Waals surface area contributed by atoms with Crippen LogP contribution in [0.3, 0.4) is 0 Å². The molecular formula is C17H21NO2. The van der Waals surface area contributed by atoms with Crippen molar-refractivity contribution in [2.45, 2.75) is 40.0 Å². The predicted octanol–water partition coefficient (Wildman–Crippen LogP) is 3.23. The van der Waals surface area contributed by atoms with E-state index in [-0.39, 0.29) is 23.7 Å². The topological polar surface area (TPSA) is 37.4 Å². The van der Waals surface area contributed by atoms with Crippen molar-refractivity contribution in [2.75, 3.05) is 4.90 Å². The first-order valence-electron chi connectivity index (χ1n) is 7.44. The van der Waals surface area contributed by atoms with E-state index in [1.807, 2.05) is 32.0 Å². The molecule has 1 heterocycles. The Hall–Kier alpha value is -1.64. The Balaban J connectivity index is 2.00. The Kier molecular flexibility index (Phi) is 3.15. The van der Waals surface area contributed by atoms with Gasteiger partial charge in [0.2, 0.25) is 11.8 Å². The lowest BCUT2D eigenvalue weighted by atomic mass is 9.76. The highest BCUT2D eigenvalue weighted by Crippen LogP contribution is 2.42. The Bertz CT molecular complexity index is 578. The maximum atomic E-state index is 12.7. The number of rotatable bonds is 1. The van der Waals surface area contributed by atoms with E-state index in [1.54, 1.807) is 0 Å². The van der Waals surface area contributed by atoms with Gasteiger partial charge >= 0.3 is 0 Å². The lowest BCUT2D eigenvalue weighted by Gasteiger charge is -2.25. The minimum absolute atomic E-state index is 0.0141. The lowest BCUT2D eigenvalue weighted by molar-refractivity contribution is -0.122. The Morgan fingerprint density at radius 2 is 1.75 bits per heavy atom. The average Bonchev–Trinajstić information content (AvgIpc) is 2.65. The van der Waals surface area contributed by atoms with E-state index in [1.165, 1.54) is 4.90 Å². The molecule has 106 valence electrons. The van der Waals surface area contributed by atoms with Crippen molar-refractivity contribution >= 4 is 17.5 Å². The van der Waals surface area contributed by atoms with Crippen LogP contribution in [0.1, 0.15) is 37.3 Å². The first kappa shape index (κ1) is 13.3. The quantitative estimate of drug-likeness (QED) is 0.735. The number of benzene rings is 1. The fourth-order valence-electron chi connectivity index (χ4n) is 3.59. The summed E-state index contributed by atoms with van der Waals surface area (Å²) in [6.07, 6.45) is 2.77. The van der Waals surface area contributed by atoms with Crippen LogP contribution in [0.2, 0.25) is 0 Å². The molecule has 0 radical (unpaired) electrons. The van der Waals surface area contributed by atoms with Gasteiger partial charge in [-0.1, -0.05) is 19.1 Å². The number of hydrogen-bond donors (Lipinski definition) is 0. The van der Waals surface area contributed by atoms with Gasteiger partial charge in [-0.3, -0.25) is 9.59 Å². The van der Waals surface area contributed by atoms with E-state index in [9.17, 15) is 9.59 Å². The molecule has 2 fully saturated rings. The zero-order chi connectivity index (χ0) is 14.4. The van der Waals surface area contributed by atoms with Gasteiger partial charge in [-0.15, -0.1) is 0 Å². The van der Waals surface area contributed by atoms with Crippen molar-refractivity contribution in [1.82, 2.24) is 0 Å². The monoisotopic (exact) mass is 271 g/mol. The van der Waals surface area contributed by atoms with Crippen LogP contribution in [0.15, 0.2) is 18.2 Å². The molecule has 0 aromatic heterocycles. The summed E-state index contributed by atoms with van der Waals surface area (Å²) >= 11 is 0. The minimum Gasteiger partial charge on any atom is -0.274 e. The fourth-order valence-corrected chi connectivity index (χ4v) is 3.59. The third kappa shape index (κ3) is 1.96. The van der Waals surface area contributed by atoms with Crippen molar-refractivity contribution < 1.29 is 9.59 Å². The molecular weight excluding hydrogens is 250 g/mol. The van der Waals surface area contributed by atoms with Crippen LogP contribution in [-0.2, 0) is 9.59 Å². The number of imide groups is 1. The minimum atomic E-state index is -0.0915. The molecule has 3 rings (SSSR count). The molecule has 1 aromatic carbocycles. The van der Waals surface area contributed by atoms with E-state index in [2.05, 4.69) is 6.92 Å². The number of hydrogen-bond acceptors (Lipinski definition) is 2. The van der Waals surface area contributed by atoms with E-state index in [0.717, 1.165) is 36.1 Å². The predicted molar refractivity (Wildman–Crippen MR) is 78.4 cm³/mol. The summed E-state index contributed by atoms with van der Waals surface area (Å²) in [7, 11) is 0. The number of carbonyl (C=O) groups excluding carboxylic acids is 2. The molecule has 1 saturated heterocycles. The van der Waals surface area contributed by atoms with E-state index in [4.69, 9.17) is 0 Å². The standard InChI is InChI=1S/C17H21NO2/c1-10-5-7-13-14(8-10)17(20)18(16(13)19)15-9-11(2)4-6-12(15)3/h4,6,9-10,13-14H,5,7-8H2,1-3H3/t10-,13-,14+/m1/s1. The molecule has 0 spiro atoms. The second kappa shape index (κ2) is 4.72. The third-order valence-electron chi connectivity index (χ3n) is 4.79. The fraction of sp³-hybridized carbons (Fsp3) is 0.529. The SMILES string of the molecule is Cc1ccc(C)c(N2C(=O)[C@H]3C[C@H](C)CC[C@H]3C2=O)c1. The molecule has 0 bridgehead atoms. The number of aryl methyl sites for hydroxylation is 2. The first-order valence-corrected chi connectivity index (χ1v) is 7.44. The molecule has 3 nitrogen and oxygen atoms in total. The van der Waals surface area contributed by atoms with Crippen molar-refractivity contribution in [3.63, 3.8) is 0 Å². The molecule has 20 heavy (non-hydrogen) atoms. The second-order valence-corrected chi connectivity index (χ2v) is 6.43. The Labute approximate surface area is 120 Å². The van der Waals surface area contributed by atoms with Gasteiger partial charge in [0.25, 0.3) is 0 Å². The van der Waals surface area contributed by atoms with Crippen LogP contribution in [0.4, 0.5) is 5.69 Å². The molecule has 2 aliphatic rings. The molecule has 0 unspecified atom stereocenters. The van der Waals surface area contributed by atoms with Crippen LogP contribution >= 0.6 is 0 Å². The highest BCUT2D eigenvalue weighted by Gasteiger charge is 2.50. The molecule has 2 amide bonds. The number of amides is 2. The summed E-state index contributed by atoms with van der Waals surface area (Å²) in [4.78, 5) is 26.7. The van der Waals surface area contributed by atoms with Gasteiger partial charge in [0.1, 0.15) is 0 Å². The summed E-state index contributed by atoms with van der Waals surface area (Å²) in [6.45, 7) is 6.12. The highest BCUT2D eigenvalue weighted by molar-refractivity contribution is 6.22. The van der Waals surface area contributed by atoms with Crippen molar-refractivity contribution in [3.05, 3.63) is 29.3 Å². The zero-order valence-corrected chi connectivity index (χ0v) is 12.3. The van der Waals surface area contributed by atoms with E-state index >= 15 is 0 Å². The van der Waals surface area contributed by atoms with Gasteiger partial charge < -0.3 is 0 Å². The van der Waals surface area contributed by atoms with Crippen molar-refractivity contribution in [3.8, 4) is 0 Å². The first-order chi connectivity index (χ1) is 9.49. The lowest BCUT2D eigenvalue weighted by Crippen LogP contribution is -2.31. The second-order valence-electron chi connectivity index (χ2n) is 6.43. The van der Waals surface area contributed by atoms with Crippen LogP contribution in [-0.4, -0.2) is 11.8 Å². The molecule has 3 heteroatoms. The third-order valence-corrected chi connectivity index (χ3v) is 4.79. The Morgan fingerprint density at radius 1 is 1.05 bits per heavy atom. The summed E-state index contributed by atoms with van der Waals surface area (Å²) in [6, 6.07) is 5.95. The van der Waals surface area contributed by atoms with Crippen LogP contribution < -0.4 is 4.90 Å². The maximum Gasteiger partial charge on any atom is 0.237 e. The van der Waals surface area contributed by atoms with Crippen LogP contribution in [0.25, 0.3) is 0 Å². The van der Waals surface area contributed by atoms with E-state index in [0.29, 0.717) is 5.92 Å². The molecule has 1 saturated carbocycles. The maximum absolute atomic E-state index is 12.7. The van der Waals surface area contributed by atoms with Gasteiger partial charge in [-0.05, 0) is 56.2 Å². The number of nitrogens with zero attached hydrogens (tertiary/aromatic N) is 1. The summed E-state index contributed by atoms with van der Waals surface area (Å²) in [5.41, 5.74) is 2.85. The normalized spacial score (nSPS) is 29.8. The molecule has 1 aromatic rings. The smallest absolute Gasteiger partial charge is 0.237 e. The summed E-state index contributed by atoms with van der Waals surface area (Å²) < 4.78 is 0. The van der Waals surface area contributed by atoms with Gasteiger partial charge in [-0.2, -0.15) is 0 Å². The van der Waals surface area contributed by atoms with Crippen LogP contribution in [0, 0.1) is 31.6 Å². The Morgan fingerprint density at radius 3 is 2.50 bits per heavy atom. The molecule has 1 aliphatic heterocycles. The summed E-state index contributed by atoms with van der Waals surface area (Å²) in [5.74, 6) is 0.400. The number of carbonyl (C=O) groups is 2. The number of anilines is 1. The van der Waals surface area contributed by atoms with Crippen LogP contribution in [0.5, 0.6) is 0 Å². The van der Waals surface area contributed by atoms with Gasteiger partial charge in [0, 0.05) is 0 Å². The zero-order valence-electron chi connectivity index (χ0n) is 12.3. The van der Waals surface area contributed by atoms with Gasteiger partial charge in [0.05, 0.1) is 17.5 Å². The average molecular weight is 271 g/mol. The van der Waals surface area contributed by atoms with E-state index < -0.39 is 0 Å². The summed E-state index contributed by atoms with van der Waals surface area (Å²) in [5, 5.41) is 0. The van der Waals surface area contributed by atoms with Gasteiger partial charge in [-0.25, -0.2) is 4.90 Å². The number of fused-ring (bicyclic) bond motifs is 1. The largest absolute Gasteiger partial charge is 0.274 e. The molecule has 1 aliphatic carbocycles. The van der Waals surface area contributed by atoms with Gasteiger partial charge in [0.15, 0.2) is 0 Å². The highest BCUT2D eigenvalue weighted by atomic mass is 16.2. The molecule has 3 atom stereocenters.